The molecule has 0 aliphatic carbocycles. The number of rotatable bonds is 4. The summed E-state index contributed by atoms with van der Waals surface area (Å²) in [6.45, 7) is 3.60. The van der Waals surface area contributed by atoms with Gasteiger partial charge in [0.1, 0.15) is 11.3 Å². The molecule has 1 fully saturated rings. The number of methoxy groups -OCH3 is 1. The summed E-state index contributed by atoms with van der Waals surface area (Å²) in [6, 6.07) is 15.2. The molecule has 2 heterocycles. The van der Waals surface area contributed by atoms with Crippen molar-refractivity contribution in [3.05, 3.63) is 65.2 Å². The lowest BCUT2D eigenvalue weighted by atomic mass is 9.92. The lowest BCUT2D eigenvalue weighted by Crippen LogP contribution is -2.45. The van der Waals surface area contributed by atoms with E-state index in [9.17, 15) is 9.59 Å². The van der Waals surface area contributed by atoms with Crippen molar-refractivity contribution in [1.29, 1.82) is 0 Å². The van der Waals surface area contributed by atoms with Crippen molar-refractivity contribution in [3.8, 4) is 5.75 Å². The van der Waals surface area contributed by atoms with Gasteiger partial charge in [-0.1, -0.05) is 36.4 Å². The van der Waals surface area contributed by atoms with E-state index in [4.69, 9.17) is 4.74 Å². The fourth-order valence-corrected chi connectivity index (χ4v) is 3.83. The summed E-state index contributed by atoms with van der Waals surface area (Å²) >= 11 is 0. The molecule has 6 heteroatoms. The molecule has 6 nitrogen and oxygen atoms in total. The zero-order valence-corrected chi connectivity index (χ0v) is 15.6. The van der Waals surface area contributed by atoms with E-state index < -0.39 is 5.54 Å². The zero-order valence-electron chi connectivity index (χ0n) is 15.6. The largest absolute Gasteiger partial charge is 0.497 e. The summed E-state index contributed by atoms with van der Waals surface area (Å²) in [5.74, 6) is 0.418. The first-order valence-electron chi connectivity index (χ1n) is 9.09. The Balaban J connectivity index is 1.53. The van der Waals surface area contributed by atoms with E-state index in [1.165, 1.54) is 16.0 Å². The Bertz CT molecular complexity index is 898. The Morgan fingerprint density at radius 3 is 2.67 bits per heavy atom. The fourth-order valence-electron chi connectivity index (χ4n) is 3.83. The first-order chi connectivity index (χ1) is 13.0. The van der Waals surface area contributed by atoms with E-state index in [0.717, 1.165) is 19.5 Å². The maximum Gasteiger partial charge on any atom is 0.326 e. The van der Waals surface area contributed by atoms with Crippen LogP contribution in [0.4, 0.5) is 4.79 Å². The van der Waals surface area contributed by atoms with E-state index in [1.807, 2.05) is 30.3 Å². The van der Waals surface area contributed by atoms with Gasteiger partial charge in [0.15, 0.2) is 0 Å². The maximum atomic E-state index is 13.1. The molecule has 1 N–H and O–H groups in total. The van der Waals surface area contributed by atoms with Crippen LogP contribution in [0.2, 0.25) is 0 Å². The van der Waals surface area contributed by atoms with Gasteiger partial charge in [-0.05, 0) is 42.2 Å². The van der Waals surface area contributed by atoms with Crippen LogP contribution in [0, 0.1) is 0 Å². The topological polar surface area (TPSA) is 61.9 Å². The number of ether oxygens (including phenoxy) is 1. The molecule has 0 bridgehead atoms. The van der Waals surface area contributed by atoms with Crippen molar-refractivity contribution in [1.82, 2.24) is 15.1 Å². The van der Waals surface area contributed by atoms with Crippen molar-refractivity contribution >= 4 is 11.9 Å². The third kappa shape index (κ3) is 3.06. The maximum absolute atomic E-state index is 13.1. The summed E-state index contributed by atoms with van der Waals surface area (Å²) in [6.07, 6.45) is 0.924. The highest BCUT2D eigenvalue weighted by atomic mass is 16.5. The second kappa shape index (κ2) is 6.70. The molecule has 2 aromatic rings. The predicted molar refractivity (Wildman–Crippen MR) is 101 cm³/mol. The summed E-state index contributed by atoms with van der Waals surface area (Å²) in [7, 11) is 1.58. The summed E-state index contributed by atoms with van der Waals surface area (Å²) in [5.41, 5.74) is 2.23. The van der Waals surface area contributed by atoms with Crippen molar-refractivity contribution in [2.75, 3.05) is 20.3 Å². The fraction of sp³-hybridized carbons (Fsp3) is 0.333. The number of amides is 3. The molecule has 0 radical (unpaired) electrons. The molecular formula is C21H23N3O3. The average molecular weight is 365 g/mol. The van der Waals surface area contributed by atoms with Gasteiger partial charge in [0, 0.05) is 13.1 Å². The molecule has 2 aliphatic heterocycles. The Morgan fingerprint density at radius 2 is 1.89 bits per heavy atom. The highest BCUT2D eigenvalue weighted by Gasteiger charge is 2.49. The molecule has 0 aromatic heterocycles. The van der Waals surface area contributed by atoms with Gasteiger partial charge in [0.05, 0.1) is 13.8 Å². The summed E-state index contributed by atoms with van der Waals surface area (Å²) < 4.78 is 5.26. The summed E-state index contributed by atoms with van der Waals surface area (Å²) in [4.78, 5) is 29.2. The van der Waals surface area contributed by atoms with Crippen LogP contribution in [0.5, 0.6) is 5.75 Å². The van der Waals surface area contributed by atoms with E-state index in [2.05, 4.69) is 22.3 Å². The Morgan fingerprint density at radius 1 is 1.11 bits per heavy atom. The number of carbonyl (C=O) groups is 2. The lowest BCUT2D eigenvalue weighted by molar-refractivity contribution is -0.132. The van der Waals surface area contributed by atoms with Gasteiger partial charge in [0.25, 0.3) is 5.91 Å². The molecule has 140 valence electrons. The Labute approximate surface area is 158 Å². The van der Waals surface area contributed by atoms with E-state index in [-0.39, 0.29) is 11.9 Å². The number of benzene rings is 2. The Kier molecular flexibility index (Phi) is 4.36. The number of nitrogens with one attached hydrogen (secondary N) is 1. The SMILES string of the molecule is COc1cccc(C2(C)NC(=O)N(CN3CCc4ccccc4C3)C2=O)c1. The quantitative estimate of drug-likeness (QED) is 0.846. The van der Waals surface area contributed by atoms with Gasteiger partial charge in [-0.25, -0.2) is 9.69 Å². The predicted octanol–water partition coefficient (Wildman–Crippen LogP) is 2.48. The van der Waals surface area contributed by atoms with Gasteiger partial charge in [-0.2, -0.15) is 0 Å². The average Bonchev–Trinajstić information content (AvgIpc) is 2.92. The number of carbonyl (C=O) groups excluding carboxylic acids is 2. The first-order valence-corrected chi connectivity index (χ1v) is 9.09. The van der Waals surface area contributed by atoms with Gasteiger partial charge in [-0.15, -0.1) is 0 Å². The smallest absolute Gasteiger partial charge is 0.326 e. The molecule has 1 unspecified atom stereocenters. The monoisotopic (exact) mass is 365 g/mol. The number of nitrogens with zero attached hydrogens (tertiary/aromatic N) is 2. The third-order valence-electron chi connectivity index (χ3n) is 5.47. The van der Waals surface area contributed by atoms with Crippen LogP contribution in [0.3, 0.4) is 0 Å². The molecule has 4 rings (SSSR count). The van der Waals surface area contributed by atoms with Crippen LogP contribution >= 0.6 is 0 Å². The molecule has 1 saturated heterocycles. The van der Waals surface area contributed by atoms with Crippen LogP contribution < -0.4 is 10.1 Å². The highest BCUT2D eigenvalue weighted by molar-refractivity contribution is 6.07. The van der Waals surface area contributed by atoms with Gasteiger partial charge >= 0.3 is 6.03 Å². The standard InChI is InChI=1S/C21H23N3O3/c1-21(17-8-5-9-18(12-17)27-2)19(25)24(20(26)22-21)14-23-11-10-15-6-3-4-7-16(15)13-23/h3-9,12H,10-11,13-14H2,1-2H3,(H,22,26). The van der Waals surface area contributed by atoms with E-state index >= 15 is 0 Å². The highest BCUT2D eigenvalue weighted by Crippen LogP contribution is 2.31. The van der Waals surface area contributed by atoms with Gasteiger partial charge in [-0.3, -0.25) is 9.69 Å². The van der Waals surface area contributed by atoms with Crippen LogP contribution in [0.1, 0.15) is 23.6 Å². The molecule has 3 amide bonds. The van der Waals surface area contributed by atoms with Crippen molar-refractivity contribution in [2.24, 2.45) is 0 Å². The second-order valence-electron chi connectivity index (χ2n) is 7.23. The number of urea groups is 1. The minimum absolute atomic E-state index is 0.236. The van der Waals surface area contributed by atoms with Crippen LogP contribution in [-0.2, 0) is 23.3 Å². The third-order valence-corrected chi connectivity index (χ3v) is 5.47. The lowest BCUT2D eigenvalue weighted by Gasteiger charge is -2.31. The molecular weight excluding hydrogens is 342 g/mol. The van der Waals surface area contributed by atoms with E-state index in [0.29, 0.717) is 18.0 Å². The molecule has 2 aliphatic rings. The van der Waals surface area contributed by atoms with E-state index in [1.54, 1.807) is 20.1 Å². The zero-order chi connectivity index (χ0) is 19.0. The minimum Gasteiger partial charge on any atom is -0.497 e. The first kappa shape index (κ1) is 17.5. The Hall–Kier alpha value is -2.86. The van der Waals surface area contributed by atoms with Gasteiger partial charge in [0.2, 0.25) is 0 Å². The molecule has 2 aromatic carbocycles. The second-order valence-corrected chi connectivity index (χ2v) is 7.23. The number of fused-ring (bicyclic) bond motifs is 1. The van der Waals surface area contributed by atoms with Crippen molar-refractivity contribution in [3.63, 3.8) is 0 Å². The summed E-state index contributed by atoms with van der Waals surface area (Å²) in [5, 5.41) is 2.86. The van der Waals surface area contributed by atoms with Gasteiger partial charge < -0.3 is 10.1 Å². The molecule has 0 spiro atoms. The molecule has 1 atom stereocenters. The minimum atomic E-state index is -1.08. The molecule has 27 heavy (non-hydrogen) atoms. The number of hydrogen-bond donors (Lipinski definition) is 1. The van der Waals surface area contributed by atoms with Crippen molar-refractivity contribution in [2.45, 2.75) is 25.4 Å². The number of hydrogen-bond acceptors (Lipinski definition) is 4. The van der Waals surface area contributed by atoms with Crippen LogP contribution in [0.15, 0.2) is 48.5 Å². The van der Waals surface area contributed by atoms with Crippen LogP contribution in [0.25, 0.3) is 0 Å². The van der Waals surface area contributed by atoms with Crippen molar-refractivity contribution < 1.29 is 14.3 Å². The normalized spacial score (nSPS) is 22.5. The van der Waals surface area contributed by atoms with Crippen LogP contribution in [-0.4, -0.2) is 42.1 Å². The molecule has 0 saturated carbocycles. The number of imide groups is 1.